The number of aromatic hydroxyl groups is 1. The molecule has 2 aromatic carbocycles. The van der Waals surface area contributed by atoms with Gasteiger partial charge in [0.15, 0.2) is 6.10 Å². The molecular weight excluding hydrogens is 342 g/mol. The monoisotopic (exact) mass is 361 g/mol. The minimum absolute atomic E-state index is 0.0258. The number of nitrogens with zero attached hydrogens (tertiary/aromatic N) is 1. The highest BCUT2D eigenvalue weighted by Crippen LogP contribution is 2.28. The number of carbonyl (C=O) groups is 1. The van der Waals surface area contributed by atoms with Crippen molar-refractivity contribution in [3.05, 3.63) is 54.1 Å². The summed E-state index contributed by atoms with van der Waals surface area (Å²) in [6, 6.07) is 10.5. The summed E-state index contributed by atoms with van der Waals surface area (Å²) in [7, 11) is 0. The summed E-state index contributed by atoms with van der Waals surface area (Å²) in [4.78, 5) is 14.6. The maximum absolute atomic E-state index is 12.7. The van der Waals surface area contributed by atoms with Crippen molar-refractivity contribution in [1.82, 2.24) is 4.90 Å². The third-order valence-electron chi connectivity index (χ3n) is 4.07. The normalized spacial score (nSPS) is 17.9. The first-order valence-electron chi connectivity index (χ1n) is 8.57. The lowest BCUT2D eigenvalue weighted by molar-refractivity contribution is 0.0474. The highest BCUT2D eigenvalue weighted by atomic mass is 16.5. The lowest BCUT2D eigenvalue weighted by atomic mass is 10.0. The summed E-state index contributed by atoms with van der Waals surface area (Å²) >= 11 is 0. The van der Waals surface area contributed by atoms with E-state index in [1.165, 1.54) is 6.07 Å². The van der Waals surface area contributed by atoms with Gasteiger partial charge >= 0.3 is 5.97 Å². The molecule has 0 fully saturated rings. The zero-order valence-electron chi connectivity index (χ0n) is 14.7. The van der Waals surface area contributed by atoms with Gasteiger partial charge in [-0.25, -0.2) is 4.79 Å². The lowest BCUT2D eigenvalue weighted by Gasteiger charge is -2.15. The van der Waals surface area contributed by atoms with Crippen molar-refractivity contribution in [2.75, 3.05) is 26.2 Å². The second-order valence-electron chi connectivity index (χ2n) is 5.94. The van der Waals surface area contributed by atoms with Crippen LogP contribution < -0.4 is 0 Å². The second-order valence-corrected chi connectivity index (χ2v) is 5.94. The first-order chi connectivity index (χ1) is 13.2. The van der Waals surface area contributed by atoms with Gasteiger partial charge in [-0.3, -0.25) is 4.90 Å². The molecule has 1 unspecified atom stereocenters. The minimum atomic E-state index is -0.778. The third-order valence-corrected chi connectivity index (χ3v) is 4.07. The van der Waals surface area contributed by atoms with Gasteiger partial charge in [0.25, 0.3) is 0 Å². The average molecular weight is 361 g/mol. The molecule has 0 radical (unpaired) electrons. The fraction of sp³-hybridized carbons (Fsp3) is 0.227. The van der Waals surface area contributed by atoms with E-state index in [-0.39, 0.29) is 17.9 Å². The number of allylic oxidation sites excluding steroid dienone is 1. The number of benzene rings is 2. The highest BCUT2D eigenvalue weighted by molar-refractivity contribution is 6.07. The van der Waals surface area contributed by atoms with E-state index in [1.54, 1.807) is 30.4 Å². The second kappa shape index (κ2) is 8.91. The van der Waals surface area contributed by atoms with Crippen LogP contribution in [0.1, 0.15) is 10.4 Å². The van der Waals surface area contributed by atoms with Crippen molar-refractivity contribution in [1.29, 1.82) is 0 Å². The molecule has 0 bridgehead atoms. The van der Waals surface area contributed by atoms with E-state index in [4.69, 9.17) is 9.84 Å². The molecule has 1 heterocycles. The van der Waals surface area contributed by atoms with Crippen molar-refractivity contribution in [2.24, 2.45) is 0 Å². The van der Waals surface area contributed by atoms with Crippen LogP contribution in [0.2, 0.25) is 0 Å². The fourth-order valence-corrected chi connectivity index (χ4v) is 2.73. The number of phenols is 1. The Balaban J connectivity index is 1.84. The van der Waals surface area contributed by atoms with E-state index in [0.717, 1.165) is 5.39 Å². The van der Waals surface area contributed by atoms with Crippen LogP contribution >= 0.6 is 0 Å². The van der Waals surface area contributed by atoms with Crippen LogP contribution in [0.5, 0.6) is 5.75 Å². The number of aliphatic hydroxyl groups excluding tert-OH is 1. The molecule has 27 heavy (non-hydrogen) atoms. The molecule has 0 spiro atoms. The van der Waals surface area contributed by atoms with Gasteiger partial charge in [-0.15, -0.1) is 0 Å². The Bertz CT molecular complexity index is 988. The summed E-state index contributed by atoms with van der Waals surface area (Å²) < 4.78 is 5.50. The predicted octanol–water partition coefficient (Wildman–Crippen LogP) is 1.94. The van der Waals surface area contributed by atoms with E-state index in [1.807, 2.05) is 17.0 Å². The standard InChI is InChI=1S/C22H19NO4/c24-16-15-23-13-5-1-2-8-18(9-6-14-23)27-22(26)21-19-10-4-3-7-17(19)11-12-20(21)25/h2-4,7-8,10-12,18,24-25H,13-16H2/b8-2-. The SMILES string of the molecule is O=C(OC1C#CCN(CCO)CC#C/C=C\1)c1c(O)ccc2ccccc12. The molecule has 0 saturated heterocycles. The van der Waals surface area contributed by atoms with Crippen molar-refractivity contribution in [3.63, 3.8) is 0 Å². The van der Waals surface area contributed by atoms with Crippen LogP contribution in [0.15, 0.2) is 48.6 Å². The van der Waals surface area contributed by atoms with Gasteiger partial charge in [0.2, 0.25) is 0 Å². The smallest absolute Gasteiger partial charge is 0.344 e. The van der Waals surface area contributed by atoms with Gasteiger partial charge in [0.1, 0.15) is 11.3 Å². The number of ether oxygens (including phenoxy) is 1. The maximum atomic E-state index is 12.7. The molecule has 3 rings (SSSR count). The fourth-order valence-electron chi connectivity index (χ4n) is 2.73. The molecule has 0 aromatic heterocycles. The van der Waals surface area contributed by atoms with Crippen LogP contribution in [0.4, 0.5) is 0 Å². The number of esters is 1. The minimum Gasteiger partial charge on any atom is -0.507 e. The predicted molar refractivity (Wildman–Crippen MR) is 103 cm³/mol. The summed E-state index contributed by atoms with van der Waals surface area (Å²) in [5.41, 5.74) is 0.119. The van der Waals surface area contributed by atoms with Crippen molar-refractivity contribution < 1.29 is 19.7 Å². The molecule has 1 atom stereocenters. The van der Waals surface area contributed by atoms with E-state index in [0.29, 0.717) is 25.0 Å². The number of hydrogen-bond donors (Lipinski definition) is 2. The largest absolute Gasteiger partial charge is 0.507 e. The quantitative estimate of drug-likeness (QED) is 0.643. The summed E-state index contributed by atoms with van der Waals surface area (Å²) in [5.74, 6) is 10.9. The Morgan fingerprint density at radius 3 is 2.85 bits per heavy atom. The van der Waals surface area contributed by atoms with E-state index in [2.05, 4.69) is 23.7 Å². The van der Waals surface area contributed by atoms with Crippen LogP contribution in [-0.2, 0) is 4.74 Å². The molecule has 0 amide bonds. The zero-order valence-corrected chi connectivity index (χ0v) is 14.7. The van der Waals surface area contributed by atoms with Gasteiger partial charge in [-0.1, -0.05) is 54.0 Å². The van der Waals surface area contributed by atoms with E-state index in [9.17, 15) is 9.90 Å². The molecule has 5 heteroatoms. The Kier molecular flexibility index (Phi) is 6.12. The molecule has 0 saturated carbocycles. The Hall–Kier alpha value is -3.25. The summed E-state index contributed by atoms with van der Waals surface area (Å²) in [6.45, 7) is 1.42. The van der Waals surface area contributed by atoms with Crippen molar-refractivity contribution >= 4 is 16.7 Å². The Morgan fingerprint density at radius 2 is 2.00 bits per heavy atom. The lowest BCUT2D eigenvalue weighted by Crippen LogP contribution is -2.28. The number of β-amino-alcohol motifs (C(OH)–C–C–N with tert-alkyl or cyclic N) is 1. The molecule has 2 N–H and O–H groups in total. The Labute approximate surface area is 157 Å². The zero-order chi connectivity index (χ0) is 19.1. The third kappa shape index (κ3) is 4.68. The van der Waals surface area contributed by atoms with Gasteiger partial charge in [-0.05, 0) is 29.0 Å². The molecule has 1 aliphatic rings. The van der Waals surface area contributed by atoms with Crippen LogP contribution in [0.25, 0.3) is 10.8 Å². The first-order valence-corrected chi connectivity index (χ1v) is 8.57. The number of rotatable bonds is 4. The van der Waals surface area contributed by atoms with Crippen molar-refractivity contribution in [3.8, 4) is 29.4 Å². The van der Waals surface area contributed by atoms with E-state index >= 15 is 0 Å². The molecule has 1 aliphatic heterocycles. The average Bonchev–Trinajstić information content (AvgIpc) is 2.67. The topological polar surface area (TPSA) is 70.0 Å². The van der Waals surface area contributed by atoms with E-state index < -0.39 is 12.1 Å². The van der Waals surface area contributed by atoms with Gasteiger partial charge in [-0.2, -0.15) is 0 Å². The number of hydrogen-bond acceptors (Lipinski definition) is 5. The van der Waals surface area contributed by atoms with Crippen LogP contribution in [-0.4, -0.2) is 53.4 Å². The van der Waals surface area contributed by atoms with Crippen LogP contribution in [0, 0.1) is 23.7 Å². The Morgan fingerprint density at radius 1 is 1.19 bits per heavy atom. The molecule has 136 valence electrons. The number of carbonyl (C=O) groups excluding carboxylic acids is 1. The molecular formula is C22H19NO4. The number of phenolic OH excluding ortho intramolecular Hbond substituents is 1. The summed E-state index contributed by atoms with van der Waals surface area (Å²) in [6.07, 6.45) is 2.43. The van der Waals surface area contributed by atoms with Gasteiger partial charge in [0, 0.05) is 6.54 Å². The van der Waals surface area contributed by atoms with Gasteiger partial charge in [0.05, 0.1) is 19.7 Å². The van der Waals surface area contributed by atoms with Crippen molar-refractivity contribution in [2.45, 2.75) is 6.10 Å². The van der Waals surface area contributed by atoms with Gasteiger partial charge < -0.3 is 14.9 Å². The summed E-state index contributed by atoms with van der Waals surface area (Å²) in [5, 5.41) is 20.7. The van der Waals surface area contributed by atoms with Crippen LogP contribution in [0.3, 0.4) is 0 Å². The number of fused-ring (bicyclic) bond motifs is 1. The number of aliphatic hydroxyl groups is 1. The highest BCUT2D eigenvalue weighted by Gasteiger charge is 2.19. The molecule has 5 nitrogen and oxygen atoms in total. The maximum Gasteiger partial charge on any atom is 0.344 e. The molecule has 0 aliphatic carbocycles. The molecule has 2 aromatic rings. The first kappa shape index (κ1) is 18.5.